The van der Waals surface area contributed by atoms with Crippen molar-refractivity contribution in [1.29, 1.82) is 0 Å². The zero-order chi connectivity index (χ0) is 19.3. The molecule has 26 heavy (non-hydrogen) atoms. The first-order chi connectivity index (χ1) is 12.4. The fourth-order valence-corrected chi connectivity index (χ4v) is 5.13. The Hall–Kier alpha value is -1.89. The van der Waals surface area contributed by atoms with Crippen LogP contribution in [0.15, 0.2) is 35.3 Å². The Morgan fingerprint density at radius 3 is 2.23 bits per heavy atom. The summed E-state index contributed by atoms with van der Waals surface area (Å²) in [4.78, 5) is 28.0. The van der Waals surface area contributed by atoms with E-state index in [0.717, 1.165) is 0 Å². The maximum atomic E-state index is 13.2. The molecule has 0 amide bonds. The van der Waals surface area contributed by atoms with Crippen molar-refractivity contribution in [3.8, 4) is 0 Å². The van der Waals surface area contributed by atoms with E-state index >= 15 is 0 Å². The van der Waals surface area contributed by atoms with Gasteiger partial charge in [-0.3, -0.25) is 24.5 Å². The first-order valence-electron chi connectivity index (χ1n) is 8.57. The Labute approximate surface area is 152 Å². The fourth-order valence-electron chi connectivity index (χ4n) is 3.11. The van der Waals surface area contributed by atoms with Gasteiger partial charge >= 0.3 is 7.60 Å². The largest absolute Gasteiger partial charge is 0.362 e. The van der Waals surface area contributed by atoms with Crippen molar-refractivity contribution in [3.05, 3.63) is 46.0 Å². The molecule has 1 aliphatic heterocycles. The van der Waals surface area contributed by atoms with Crippen molar-refractivity contribution in [2.24, 2.45) is 4.99 Å². The third kappa shape index (κ3) is 3.92. The fraction of sp³-hybridized carbons (Fsp3) is 0.529. The van der Waals surface area contributed by atoms with Gasteiger partial charge in [-0.2, -0.15) is 0 Å². The molecule has 0 saturated carbocycles. The second kappa shape index (κ2) is 8.66. The molecule has 0 aromatic heterocycles. The van der Waals surface area contributed by atoms with Crippen molar-refractivity contribution >= 4 is 19.1 Å². The van der Waals surface area contributed by atoms with E-state index in [2.05, 4.69) is 4.99 Å². The van der Waals surface area contributed by atoms with Gasteiger partial charge < -0.3 is 9.05 Å². The van der Waals surface area contributed by atoms with Gasteiger partial charge in [0.25, 0.3) is 6.04 Å². The summed E-state index contributed by atoms with van der Waals surface area (Å²) in [7, 11) is -3.90. The molecule has 8 nitrogen and oxygen atoms in total. The van der Waals surface area contributed by atoms with E-state index in [-0.39, 0.29) is 31.1 Å². The smallest absolute Gasteiger partial charge is 0.307 e. The summed E-state index contributed by atoms with van der Waals surface area (Å²) in [6.07, 6.45) is 0.146. The number of nitro groups is 1. The number of Topliss-reactive ketones (excluding diaryl/α,β-unsaturated/α-hetero) is 1. The molecule has 9 heteroatoms. The third-order valence-electron chi connectivity index (χ3n) is 4.16. The number of carbonyl (C=O) groups excluding carboxylic acids is 1. The number of ketones is 1. The lowest BCUT2D eigenvalue weighted by Gasteiger charge is -2.24. The van der Waals surface area contributed by atoms with E-state index in [0.29, 0.717) is 5.56 Å². The molecule has 1 aliphatic rings. The van der Waals surface area contributed by atoms with Crippen LogP contribution in [0, 0.1) is 10.1 Å². The summed E-state index contributed by atoms with van der Waals surface area (Å²) < 4.78 is 23.8. The summed E-state index contributed by atoms with van der Waals surface area (Å²) >= 11 is 0. The lowest BCUT2D eigenvalue weighted by Crippen LogP contribution is -2.37. The van der Waals surface area contributed by atoms with Gasteiger partial charge in [0.15, 0.2) is 5.78 Å². The van der Waals surface area contributed by atoms with E-state index in [9.17, 15) is 19.5 Å². The van der Waals surface area contributed by atoms with Crippen LogP contribution in [-0.2, 0) is 18.4 Å². The minimum absolute atomic E-state index is 0.0563. The summed E-state index contributed by atoms with van der Waals surface area (Å²) in [5.41, 5.74) is 0.641. The number of aliphatic imine (C=N–C) groups is 1. The molecule has 0 fully saturated rings. The average molecular weight is 382 g/mol. The highest BCUT2D eigenvalue weighted by atomic mass is 31.2. The number of hydrogen-bond acceptors (Lipinski definition) is 7. The van der Waals surface area contributed by atoms with Gasteiger partial charge in [-0.15, -0.1) is 0 Å². The van der Waals surface area contributed by atoms with Gasteiger partial charge in [0, 0.05) is 11.3 Å². The van der Waals surface area contributed by atoms with Crippen LogP contribution in [0.4, 0.5) is 0 Å². The van der Waals surface area contributed by atoms with Crippen molar-refractivity contribution in [1.82, 2.24) is 0 Å². The SMILES string of the molecule is CCOP(=O)(OCC)C1N=C(C(=O)CC)C(c2ccccc2)C1[N+](=O)[O-]. The maximum Gasteiger partial charge on any atom is 0.362 e. The summed E-state index contributed by atoms with van der Waals surface area (Å²) in [5.74, 6) is -2.56. The molecule has 0 aliphatic carbocycles. The molecule has 0 spiro atoms. The zero-order valence-electron chi connectivity index (χ0n) is 15.0. The Kier molecular flexibility index (Phi) is 6.81. The van der Waals surface area contributed by atoms with Crippen molar-refractivity contribution in [2.75, 3.05) is 13.2 Å². The maximum absolute atomic E-state index is 13.2. The Morgan fingerprint density at radius 1 is 1.19 bits per heavy atom. The molecule has 3 atom stereocenters. The Morgan fingerprint density at radius 2 is 1.77 bits per heavy atom. The zero-order valence-corrected chi connectivity index (χ0v) is 15.9. The van der Waals surface area contributed by atoms with E-state index in [1.165, 1.54) is 0 Å². The van der Waals surface area contributed by atoms with Gasteiger partial charge in [-0.05, 0) is 19.4 Å². The van der Waals surface area contributed by atoms with Crippen LogP contribution < -0.4 is 0 Å². The number of nitrogens with zero attached hydrogens (tertiary/aromatic N) is 2. The Bertz CT molecular complexity index is 726. The second-order valence-corrected chi connectivity index (χ2v) is 7.87. The van der Waals surface area contributed by atoms with Gasteiger partial charge in [-0.1, -0.05) is 37.3 Å². The molecule has 1 aromatic carbocycles. The quantitative estimate of drug-likeness (QED) is 0.368. The molecule has 0 radical (unpaired) electrons. The third-order valence-corrected chi connectivity index (χ3v) is 6.47. The number of rotatable bonds is 9. The lowest BCUT2D eigenvalue weighted by atomic mass is 9.87. The monoisotopic (exact) mass is 382 g/mol. The summed E-state index contributed by atoms with van der Waals surface area (Å²) in [6.45, 7) is 5.02. The molecule has 3 unspecified atom stereocenters. The van der Waals surface area contributed by atoms with E-state index in [1.807, 2.05) is 0 Å². The summed E-state index contributed by atoms with van der Waals surface area (Å²) in [6, 6.07) is 7.26. The standard InChI is InChI=1S/C17H23N2O6P/c1-4-13(20)15-14(12-10-8-7-9-11-12)16(19(21)22)17(18-15)26(23,24-5-2)25-6-3/h7-11,14,16-17H,4-6H2,1-3H3. The molecule has 1 heterocycles. The molecule has 0 bridgehead atoms. The van der Waals surface area contributed by atoms with Crippen LogP contribution in [-0.4, -0.2) is 41.5 Å². The predicted molar refractivity (Wildman–Crippen MR) is 97.3 cm³/mol. The molecule has 0 N–H and O–H groups in total. The van der Waals surface area contributed by atoms with Crippen molar-refractivity contribution in [2.45, 2.75) is 44.9 Å². The average Bonchev–Trinajstić information content (AvgIpc) is 3.04. The van der Waals surface area contributed by atoms with Crippen LogP contribution in [0.1, 0.15) is 38.7 Å². The molecular weight excluding hydrogens is 359 g/mol. The number of carbonyl (C=O) groups is 1. The van der Waals surface area contributed by atoms with Gasteiger partial charge in [-0.25, -0.2) is 0 Å². The first kappa shape index (κ1) is 20.4. The van der Waals surface area contributed by atoms with Crippen molar-refractivity contribution < 1.29 is 23.3 Å². The van der Waals surface area contributed by atoms with E-state index < -0.39 is 30.3 Å². The predicted octanol–water partition coefficient (Wildman–Crippen LogP) is 3.44. The minimum atomic E-state index is -3.90. The highest BCUT2D eigenvalue weighted by molar-refractivity contribution is 7.54. The van der Waals surface area contributed by atoms with Crippen LogP contribution in [0.2, 0.25) is 0 Å². The highest BCUT2D eigenvalue weighted by Crippen LogP contribution is 2.59. The molecular formula is C17H23N2O6P. The lowest BCUT2D eigenvalue weighted by molar-refractivity contribution is -0.522. The van der Waals surface area contributed by atoms with Crippen LogP contribution in [0.25, 0.3) is 0 Å². The summed E-state index contributed by atoms with van der Waals surface area (Å²) in [5, 5.41) is 11.9. The van der Waals surface area contributed by atoms with Crippen LogP contribution >= 0.6 is 7.60 Å². The highest BCUT2D eigenvalue weighted by Gasteiger charge is 2.58. The first-order valence-corrected chi connectivity index (χ1v) is 10.2. The normalized spacial score (nSPS) is 22.9. The minimum Gasteiger partial charge on any atom is -0.307 e. The van der Waals surface area contributed by atoms with E-state index in [4.69, 9.17) is 9.05 Å². The van der Waals surface area contributed by atoms with Crippen LogP contribution in [0.3, 0.4) is 0 Å². The topological polar surface area (TPSA) is 108 Å². The molecule has 0 saturated heterocycles. The molecule has 2 rings (SSSR count). The van der Waals surface area contributed by atoms with E-state index in [1.54, 1.807) is 51.1 Å². The van der Waals surface area contributed by atoms with Gasteiger partial charge in [0.05, 0.1) is 24.8 Å². The van der Waals surface area contributed by atoms with Crippen LogP contribution in [0.5, 0.6) is 0 Å². The molecule has 142 valence electrons. The van der Waals surface area contributed by atoms with Crippen molar-refractivity contribution in [3.63, 3.8) is 0 Å². The number of hydrogen-bond donors (Lipinski definition) is 0. The van der Waals surface area contributed by atoms with Gasteiger partial charge in [0.1, 0.15) is 0 Å². The Balaban J connectivity index is 2.61. The molecule has 1 aromatic rings. The number of benzene rings is 1. The van der Waals surface area contributed by atoms with Gasteiger partial charge in [0.2, 0.25) is 5.78 Å². The second-order valence-electron chi connectivity index (χ2n) is 5.74.